The number of anilines is 1. The van der Waals surface area contributed by atoms with E-state index in [2.05, 4.69) is 26.6 Å². The van der Waals surface area contributed by atoms with Gasteiger partial charge in [-0.1, -0.05) is 13.8 Å². The predicted molar refractivity (Wildman–Crippen MR) is 75.0 cm³/mol. The van der Waals surface area contributed by atoms with Gasteiger partial charge in [-0.05, 0) is 47.0 Å². The molecule has 0 aliphatic carbocycles. The number of carbonyl (C=O) groups excluding carboxylic acids is 1. The average molecular weight is 317 g/mol. The van der Waals surface area contributed by atoms with Crippen LogP contribution in [0.5, 0.6) is 0 Å². The van der Waals surface area contributed by atoms with Gasteiger partial charge in [0.25, 0.3) is 0 Å². The maximum Gasteiger partial charge on any atom is 0.242 e. The van der Waals surface area contributed by atoms with Gasteiger partial charge >= 0.3 is 0 Å². The number of benzene rings is 1. The topological polar surface area (TPSA) is 41.1 Å². The summed E-state index contributed by atoms with van der Waals surface area (Å²) in [5.74, 6) is -0.0342. The first-order valence-electron chi connectivity index (χ1n) is 5.89. The molecule has 0 bridgehead atoms. The highest BCUT2D eigenvalue weighted by atomic mass is 79.9. The summed E-state index contributed by atoms with van der Waals surface area (Å²) >= 11 is 3.08. The predicted octanol–water partition coefficient (Wildman–Crippen LogP) is 3.16. The minimum atomic E-state index is -0.399. The highest BCUT2D eigenvalue weighted by Crippen LogP contribution is 2.19. The Bertz CT molecular complexity index is 423. The van der Waals surface area contributed by atoms with Gasteiger partial charge in [0.2, 0.25) is 5.91 Å². The van der Waals surface area contributed by atoms with Crippen molar-refractivity contribution in [3.63, 3.8) is 0 Å². The van der Waals surface area contributed by atoms with E-state index < -0.39 is 6.04 Å². The molecule has 1 unspecified atom stereocenters. The van der Waals surface area contributed by atoms with E-state index in [0.717, 1.165) is 0 Å². The molecule has 3 nitrogen and oxygen atoms in total. The Hall–Kier alpha value is -1.10. The molecule has 1 aromatic carbocycles. The number of nitrogens with one attached hydrogen (secondary N) is 2. The third-order valence-corrected chi connectivity index (χ3v) is 3.02. The summed E-state index contributed by atoms with van der Waals surface area (Å²) in [7, 11) is 0. The van der Waals surface area contributed by atoms with Crippen molar-refractivity contribution in [1.82, 2.24) is 5.32 Å². The van der Waals surface area contributed by atoms with Crippen molar-refractivity contribution in [3.8, 4) is 0 Å². The molecule has 100 valence electrons. The number of amides is 1. The molecule has 0 saturated heterocycles. The molecule has 1 amide bonds. The van der Waals surface area contributed by atoms with E-state index in [1.807, 2.05) is 13.8 Å². The van der Waals surface area contributed by atoms with Gasteiger partial charge in [0.05, 0.1) is 4.47 Å². The Morgan fingerprint density at radius 3 is 2.61 bits per heavy atom. The molecule has 1 aromatic rings. The quantitative estimate of drug-likeness (QED) is 0.876. The lowest BCUT2D eigenvalue weighted by Crippen LogP contribution is -2.39. The fourth-order valence-corrected chi connectivity index (χ4v) is 1.61. The third kappa shape index (κ3) is 4.64. The van der Waals surface area contributed by atoms with E-state index in [1.165, 1.54) is 6.07 Å². The van der Waals surface area contributed by atoms with Crippen LogP contribution in [0.4, 0.5) is 10.1 Å². The Morgan fingerprint density at radius 2 is 2.06 bits per heavy atom. The molecular weight excluding hydrogens is 299 g/mol. The smallest absolute Gasteiger partial charge is 0.242 e. The molecule has 1 atom stereocenters. The van der Waals surface area contributed by atoms with Crippen LogP contribution < -0.4 is 10.6 Å². The summed E-state index contributed by atoms with van der Waals surface area (Å²) < 4.78 is 13.7. The zero-order chi connectivity index (χ0) is 13.7. The SMILES string of the molecule is CC(C)CNC(=O)C(C)Nc1ccc(Br)c(F)c1. The second-order valence-corrected chi connectivity index (χ2v) is 5.49. The lowest BCUT2D eigenvalue weighted by atomic mass is 10.2. The van der Waals surface area contributed by atoms with E-state index >= 15 is 0 Å². The summed E-state index contributed by atoms with van der Waals surface area (Å²) in [6, 6.07) is 4.29. The Morgan fingerprint density at radius 1 is 1.39 bits per heavy atom. The second kappa shape index (κ2) is 6.73. The van der Waals surface area contributed by atoms with Crippen LogP contribution in [0.15, 0.2) is 22.7 Å². The van der Waals surface area contributed by atoms with Crippen LogP contribution in [0.1, 0.15) is 20.8 Å². The van der Waals surface area contributed by atoms with Crippen molar-refractivity contribution in [2.75, 3.05) is 11.9 Å². The molecule has 0 heterocycles. The number of rotatable bonds is 5. The van der Waals surface area contributed by atoms with Crippen LogP contribution in [0.2, 0.25) is 0 Å². The minimum Gasteiger partial charge on any atom is -0.374 e. The van der Waals surface area contributed by atoms with Gasteiger partial charge in [0.1, 0.15) is 11.9 Å². The Labute approximate surface area is 115 Å². The van der Waals surface area contributed by atoms with Crippen molar-refractivity contribution >= 4 is 27.5 Å². The van der Waals surface area contributed by atoms with Crippen LogP contribution in [0.25, 0.3) is 0 Å². The van der Waals surface area contributed by atoms with Crippen LogP contribution in [-0.4, -0.2) is 18.5 Å². The Kier molecular flexibility index (Phi) is 5.59. The maximum absolute atomic E-state index is 13.3. The summed E-state index contributed by atoms with van der Waals surface area (Å²) in [6.07, 6.45) is 0. The van der Waals surface area contributed by atoms with Crippen LogP contribution in [-0.2, 0) is 4.79 Å². The molecule has 0 aliphatic heterocycles. The second-order valence-electron chi connectivity index (χ2n) is 4.63. The Balaban J connectivity index is 2.55. The number of carbonyl (C=O) groups is 1. The molecule has 0 saturated carbocycles. The highest BCUT2D eigenvalue weighted by Gasteiger charge is 2.13. The van der Waals surface area contributed by atoms with E-state index in [1.54, 1.807) is 19.1 Å². The van der Waals surface area contributed by atoms with E-state index in [9.17, 15) is 9.18 Å². The maximum atomic E-state index is 13.3. The van der Waals surface area contributed by atoms with Crippen LogP contribution in [0.3, 0.4) is 0 Å². The monoisotopic (exact) mass is 316 g/mol. The normalized spacial score (nSPS) is 12.3. The molecular formula is C13H18BrFN2O. The molecule has 0 aromatic heterocycles. The fraction of sp³-hybridized carbons (Fsp3) is 0.462. The zero-order valence-electron chi connectivity index (χ0n) is 10.8. The van der Waals surface area contributed by atoms with Crippen LogP contribution in [0, 0.1) is 11.7 Å². The largest absolute Gasteiger partial charge is 0.374 e. The minimum absolute atomic E-state index is 0.0907. The summed E-state index contributed by atoms with van der Waals surface area (Å²) in [4.78, 5) is 11.7. The molecule has 0 spiro atoms. The van der Waals surface area contributed by atoms with Gasteiger partial charge < -0.3 is 10.6 Å². The lowest BCUT2D eigenvalue weighted by Gasteiger charge is -2.16. The van der Waals surface area contributed by atoms with Crippen molar-refractivity contribution in [1.29, 1.82) is 0 Å². The molecule has 1 rings (SSSR count). The summed E-state index contributed by atoms with van der Waals surface area (Å²) in [6.45, 7) is 6.44. The van der Waals surface area contributed by atoms with Gasteiger partial charge in [-0.3, -0.25) is 4.79 Å². The van der Waals surface area contributed by atoms with Crippen molar-refractivity contribution in [2.45, 2.75) is 26.8 Å². The number of halogens is 2. The van der Waals surface area contributed by atoms with Gasteiger partial charge in [-0.2, -0.15) is 0 Å². The molecule has 0 aliphatic rings. The zero-order valence-corrected chi connectivity index (χ0v) is 12.3. The average Bonchev–Trinajstić information content (AvgIpc) is 2.30. The van der Waals surface area contributed by atoms with Crippen molar-refractivity contribution < 1.29 is 9.18 Å². The van der Waals surface area contributed by atoms with Crippen molar-refractivity contribution in [2.24, 2.45) is 5.92 Å². The number of hydrogen-bond acceptors (Lipinski definition) is 2. The molecule has 2 N–H and O–H groups in total. The first-order valence-corrected chi connectivity index (χ1v) is 6.68. The molecule has 0 fully saturated rings. The summed E-state index contributed by atoms with van der Waals surface area (Å²) in [5.41, 5.74) is 0.586. The van der Waals surface area contributed by atoms with Gasteiger partial charge in [-0.25, -0.2) is 4.39 Å². The lowest BCUT2D eigenvalue weighted by molar-refractivity contribution is -0.121. The standard InChI is InChI=1S/C13H18BrFN2O/c1-8(2)7-16-13(18)9(3)17-10-4-5-11(14)12(15)6-10/h4-6,8-9,17H,7H2,1-3H3,(H,16,18). The summed E-state index contributed by atoms with van der Waals surface area (Å²) in [5, 5.41) is 5.78. The molecule has 18 heavy (non-hydrogen) atoms. The highest BCUT2D eigenvalue weighted by molar-refractivity contribution is 9.10. The van der Waals surface area contributed by atoms with Crippen LogP contribution >= 0.6 is 15.9 Å². The number of hydrogen-bond donors (Lipinski definition) is 2. The van der Waals surface area contributed by atoms with Gasteiger partial charge in [0.15, 0.2) is 0 Å². The van der Waals surface area contributed by atoms with Gasteiger partial charge in [-0.15, -0.1) is 0 Å². The fourth-order valence-electron chi connectivity index (χ4n) is 1.36. The van der Waals surface area contributed by atoms with E-state index in [-0.39, 0.29) is 11.7 Å². The first kappa shape index (κ1) is 15.0. The first-order chi connectivity index (χ1) is 8.40. The molecule has 0 radical (unpaired) electrons. The van der Waals surface area contributed by atoms with E-state index in [4.69, 9.17) is 0 Å². The third-order valence-electron chi connectivity index (χ3n) is 2.38. The molecule has 5 heteroatoms. The van der Waals surface area contributed by atoms with E-state index in [0.29, 0.717) is 22.6 Å². The van der Waals surface area contributed by atoms with Gasteiger partial charge in [0, 0.05) is 12.2 Å². The van der Waals surface area contributed by atoms with Crippen molar-refractivity contribution in [3.05, 3.63) is 28.5 Å².